The number of halogens is 1. The molecule has 1 N–H and O–H groups in total. The SMILES string of the molecule is CN1C(=O)C(Cc2cccc(Cl)c2)C(=O)c2cc(C(=O)O)ccc21. The first-order valence-electron chi connectivity index (χ1n) is 7.32. The first kappa shape index (κ1) is 16.2. The molecule has 1 unspecified atom stereocenters. The zero-order valence-electron chi connectivity index (χ0n) is 12.8. The van der Waals surface area contributed by atoms with Crippen LogP contribution in [0.4, 0.5) is 5.69 Å². The molecule has 6 heteroatoms. The maximum atomic E-state index is 12.8. The van der Waals surface area contributed by atoms with E-state index in [1.807, 2.05) is 0 Å². The normalized spacial score (nSPS) is 16.9. The van der Waals surface area contributed by atoms with Crippen molar-refractivity contribution < 1.29 is 19.5 Å². The molecule has 5 nitrogen and oxygen atoms in total. The van der Waals surface area contributed by atoms with Crippen molar-refractivity contribution in [3.05, 3.63) is 64.2 Å². The lowest BCUT2D eigenvalue weighted by Gasteiger charge is -2.30. The van der Waals surface area contributed by atoms with Crippen LogP contribution in [0, 0.1) is 5.92 Å². The Morgan fingerprint density at radius 2 is 1.96 bits per heavy atom. The summed E-state index contributed by atoms with van der Waals surface area (Å²) < 4.78 is 0. The van der Waals surface area contributed by atoms with E-state index in [4.69, 9.17) is 16.7 Å². The van der Waals surface area contributed by atoms with Gasteiger partial charge in [-0.2, -0.15) is 0 Å². The lowest BCUT2D eigenvalue weighted by Crippen LogP contribution is -2.43. The molecule has 0 fully saturated rings. The smallest absolute Gasteiger partial charge is 0.335 e. The van der Waals surface area contributed by atoms with E-state index >= 15 is 0 Å². The van der Waals surface area contributed by atoms with Crippen LogP contribution < -0.4 is 4.90 Å². The van der Waals surface area contributed by atoms with Crippen molar-refractivity contribution in [2.75, 3.05) is 11.9 Å². The maximum Gasteiger partial charge on any atom is 0.335 e. The second-order valence-electron chi connectivity index (χ2n) is 5.69. The summed E-state index contributed by atoms with van der Waals surface area (Å²) in [5.74, 6) is -2.67. The zero-order chi connectivity index (χ0) is 17.4. The van der Waals surface area contributed by atoms with Gasteiger partial charge < -0.3 is 10.0 Å². The molecule has 0 saturated heterocycles. The van der Waals surface area contributed by atoms with E-state index in [1.54, 1.807) is 31.3 Å². The Bertz CT molecular complexity index is 862. The molecule has 0 radical (unpaired) electrons. The molecule has 0 aromatic heterocycles. The number of Topliss-reactive ketones (excluding diaryl/α,β-unsaturated/α-hetero) is 1. The lowest BCUT2D eigenvalue weighted by atomic mass is 9.85. The molecule has 2 aromatic rings. The molecule has 3 rings (SSSR count). The summed E-state index contributed by atoms with van der Waals surface area (Å²) in [6.45, 7) is 0. The second-order valence-corrected chi connectivity index (χ2v) is 6.12. The van der Waals surface area contributed by atoms with Crippen molar-refractivity contribution >= 4 is 34.9 Å². The Morgan fingerprint density at radius 1 is 1.21 bits per heavy atom. The van der Waals surface area contributed by atoms with Gasteiger partial charge in [0.25, 0.3) is 0 Å². The van der Waals surface area contributed by atoms with Crippen LogP contribution in [0.1, 0.15) is 26.3 Å². The van der Waals surface area contributed by atoms with E-state index in [0.717, 1.165) is 5.56 Å². The standard InChI is InChI=1S/C18H14ClNO4/c1-20-15-6-5-11(18(23)24)9-13(15)16(21)14(17(20)22)8-10-3-2-4-12(19)7-10/h2-7,9,14H,8H2,1H3,(H,23,24). The number of hydrogen-bond acceptors (Lipinski definition) is 3. The first-order valence-corrected chi connectivity index (χ1v) is 7.70. The molecular formula is C18H14ClNO4. The number of rotatable bonds is 3. The van der Waals surface area contributed by atoms with Gasteiger partial charge >= 0.3 is 5.97 Å². The molecule has 1 amide bonds. The van der Waals surface area contributed by atoms with Crippen LogP contribution in [-0.2, 0) is 11.2 Å². The van der Waals surface area contributed by atoms with Gasteiger partial charge in [-0.3, -0.25) is 9.59 Å². The third-order valence-electron chi connectivity index (χ3n) is 4.14. The number of benzene rings is 2. The van der Waals surface area contributed by atoms with Crippen LogP contribution in [0.5, 0.6) is 0 Å². The number of hydrogen-bond donors (Lipinski definition) is 1. The van der Waals surface area contributed by atoms with Crippen LogP contribution in [0.15, 0.2) is 42.5 Å². The van der Waals surface area contributed by atoms with Crippen LogP contribution in [0.3, 0.4) is 0 Å². The number of anilines is 1. The second kappa shape index (κ2) is 6.09. The summed E-state index contributed by atoms with van der Waals surface area (Å²) in [5, 5.41) is 9.65. The van der Waals surface area contributed by atoms with Gasteiger partial charge in [-0.1, -0.05) is 23.7 Å². The van der Waals surface area contributed by atoms with Crippen molar-refractivity contribution in [2.24, 2.45) is 5.92 Å². The van der Waals surface area contributed by atoms with Crippen LogP contribution in [0.2, 0.25) is 5.02 Å². The maximum absolute atomic E-state index is 12.8. The number of carboxylic acids is 1. The zero-order valence-corrected chi connectivity index (χ0v) is 13.6. The van der Waals surface area contributed by atoms with Crippen molar-refractivity contribution in [3.63, 3.8) is 0 Å². The van der Waals surface area contributed by atoms with Crippen LogP contribution in [-0.4, -0.2) is 29.8 Å². The number of ketones is 1. The Balaban J connectivity index is 2.01. The molecule has 1 aliphatic rings. The monoisotopic (exact) mass is 343 g/mol. The van der Waals surface area contributed by atoms with Crippen molar-refractivity contribution in [2.45, 2.75) is 6.42 Å². The molecule has 0 saturated carbocycles. The van der Waals surface area contributed by atoms with E-state index in [1.165, 1.54) is 23.1 Å². The predicted octanol–water partition coefficient (Wildman–Crippen LogP) is 3.06. The molecule has 0 aliphatic carbocycles. The van der Waals surface area contributed by atoms with Crippen LogP contribution in [0.25, 0.3) is 0 Å². The Labute approximate surface area is 143 Å². The topological polar surface area (TPSA) is 74.7 Å². The van der Waals surface area contributed by atoms with E-state index < -0.39 is 11.9 Å². The van der Waals surface area contributed by atoms with Crippen molar-refractivity contribution in [1.29, 1.82) is 0 Å². The fraction of sp³-hybridized carbons (Fsp3) is 0.167. The van der Waals surface area contributed by atoms with Crippen molar-refractivity contribution in [3.8, 4) is 0 Å². The van der Waals surface area contributed by atoms with E-state index in [0.29, 0.717) is 10.7 Å². The number of carbonyl (C=O) groups excluding carboxylic acids is 2. The summed E-state index contributed by atoms with van der Waals surface area (Å²) >= 11 is 5.96. The van der Waals surface area contributed by atoms with Gasteiger partial charge in [0.1, 0.15) is 5.92 Å². The Hall–Kier alpha value is -2.66. The first-order chi connectivity index (χ1) is 11.4. The summed E-state index contributed by atoms with van der Waals surface area (Å²) in [7, 11) is 1.58. The summed E-state index contributed by atoms with van der Waals surface area (Å²) in [4.78, 5) is 37.9. The highest BCUT2D eigenvalue weighted by Gasteiger charge is 2.38. The summed E-state index contributed by atoms with van der Waals surface area (Å²) in [6.07, 6.45) is 0.222. The highest BCUT2D eigenvalue weighted by Crippen LogP contribution is 2.32. The van der Waals surface area contributed by atoms with E-state index in [9.17, 15) is 14.4 Å². The van der Waals surface area contributed by atoms with Gasteiger partial charge in [-0.05, 0) is 42.3 Å². The fourth-order valence-electron chi connectivity index (χ4n) is 2.89. The molecular weight excluding hydrogens is 330 g/mol. The molecule has 1 heterocycles. The molecule has 1 atom stereocenters. The minimum absolute atomic E-state index is 0.0198. The Kier molecular flexibility index (Phi) is 4.11. The Morgan fingerprint density at radius 3 is 2.62 bits per heavy atom. The quantitative estimate of drug-likeness (QED) is 0.869. The van der Waals surface area contributed by atoms with Crippen LogP contribution >= 0.6 is 11.6 Å². The number of fused-ring (bicyclic) bond motifs is 1. The number of aromatic carboxylic acids is 1. The fourth-order valence-corrected chi connectivity index (χ4v) is 3.10. The van der Waals surface area contributed by atoms with Crippen molar-refractivity contribution in [1.82, 2.24) is 0 Å². The largest absolute Gasteiger partial charge is 0.478 e. The number of amides is 1. The molecule has 0 bridgehead atoms. The van der Waals surface area contributed by atoms with Gasteiger partial charge in [-0.15, -0.1) is 0 Å². The highest BCUT2D eigenvalue weighted by molar-refractivity contribution is 6.30. The highest BCUT2D eigenvalue weighted by atomic mass is 35.5. The van der Waals surface area contributed by atoms with E-state index in [-0.39, 0.29) is 29.2 Å². The van der Waals surface area contributed by atoms with Gasteiger partial charge in [0.05, 0.1) is 11.3 Å². The van der Waals surface area contributed by atoms with E-state index in [2.05, 4.69) is 0 Å². The molecule has 0 spiro atoms. The third-order valence-corrected chi connectivity index (χ3v) is 4.38. The number of carbonyl (C=O) groups is 3. The molecule has 24 heavy (non-hydrogen) atoms. The molecule has 122 valence electrons. The average molecular weight is 344 g/mol. The molecule has 1 aliphatic heterocycles. The van der Waals surface area contributed by atoms with Gasteiger partial charge in [0.15, 0.2) is 5.78 Å². The van der Waals surface area contributed by atoms with Gasteiger partial charge in [0, 0.05) is 17.6 Å². The summed E-state index contributed by atoms with van der Waals surface area (Å²) in [6, 6.07) is 11.2. The third kappa shape index (κ3) is 2.78. The molecule has 2 aromatic carbocycles. The average Bonchev–Trinajstić information content (AvgIpc) is 2.56. The number of carboxylic acid groups (broad SMARTS) is 1. The summed E-state index contributed by atoms with van der Waals surface area (Å²) in [5.41, 5.74) is 1.48. The van der Waals surface area contributed by atoms with Gasteiger partial charge in [-0.25, -0.2) is 4.79 Å². The lowest BCUT2D eigenvalue weighted by molar-refractivity contribution is -0.120. The predicted molar refractivity (Wildman–Crippen MR) is 89.8 cm³/mol. The van der Waals surface area contributed by atoms with Gasteiger partial charge in [0.2, 0.25) is 5.91 Å². The minimum atomic E-state index is -1.11. The minimum Gasteiger partial charge on any atom is -0.478 e. The number of nitrogens with zero attached hydrogens (tertiary/aromatic N) is 1.